The molecular weight excluding hydrogens is 476 g/mol. The van der Waals surface area contributed by atoms with E-state index in [-0.39, 0.29) is 13.2 Å². The number of alkyl carbamates (subject to hydrolysis) is 1. The van der Waals surface area contributed by atoms with Gasteiger partial charge in [-0.3, -0.25) is 0 Å². The van der Waals surface area contributed by atoms with E-state index in [4.69, 9.17) is 14.5 Å². The minimum absolute atomic E-state index is 0.155. The highest BCUT2D eigenvalue weighted by Gasteiger charge is 2.44. The molecule has 0 radical (unpaired) electrons. The van der Waals surface area contributed by atoms with Crippen molar-refractivity contribution in [2.24, 2.45) is 4.99 Å². The Kier molecular flexibility index (Phi) is 7.81. The van der Waals surface area contributed by atoms with E-state index in [9.17, 15) is 9.90 Å². The first-order chi connectivity index (χ1) is 18.6. The second-order valence-electron chi connectivity index (χ2n) is 9.24. The zero-order valence-corrected chi connectivity index (χ0v) is 20.9. The molecule has 0 saturated carbocycles. The number of aliphatic hydroxyl groups is 1. The molecule has 1 aliphatic rings. The lowest BCUT2D eigenvalue weighted by atomic mass is 9.81. The average molecular weight is 507 g/mol. The van der Waals surface area contributed by atoms with Gasteiger partial charge in [0.05, 0.1) is 0 Å². The monoisotopic (exact) mass is 506 g/mol. The first-order valence-corrected chi connectivity index (χ1v) is 12.7. The summed E-state index contributed by atoms with van der Waals surface area (Å²) in [6.45, 7) is 0.324. The molecule has 0 bridgehead atoms. The highest BCUT2D eigenvalue weighted by atomic mass is 16.5. The highest BCUT2D eigenvalue weighted by molar-refractivity contribution is 5.87. The van der Waals surface area contributed by atoms with Gasteiger partial charge in [-0.25, -0.2) is 9.79 Å². The van der Waals surface area contributed by atoms with Crippen molar-refractivity contribution < 1.29 is 19.4 Å². The van der Waals surface area contributed by atoms with E-state index in [0.717, 1.165) is 22.3 Å². The molecule has 0 fully saturated rings. The Balaban J connectivity index is 1.41. The lowest BCUT2D eigenvalue weighted by Gasteiger charge is -2.32. The molecule has 1 amide bonds. The van der Waals surface area contributed by atoms with Gasteiger partial charge in [-0.15, -0.1) is 0 Å². The maximum atomic E-state index is 12.8. The number of hydrogen-bond donors (Lipinski definition) is 2. The van der Waals surface area contributed by atoms with Crippen LogP contribution in [0, 0.1) is 0 Å². The fourth-order valence-corrected chi connectivity index (χ4v) is 4.69. The summed E-state index contributed by atoms with van der Waals surface area (Å²) in [4.78, 5) is 17.7. The molecule has 0 unspecified atom stereocenters. The Bertz CT molecular complexity index is 1310. The van der Waals surface area contributed by atoms with E-state index in [1.54, 1.807) is 0 Å². The van der Waals surface area contributed by atoms with Gasteiger partial charge in [-0.05, 0) is 22.3 Å². The van der Waals surface area contributed by atoms with Gasteiger partial charge in [0.2, 0.25) is 5.90 Å². The van der Waals surface area contributed by atoms with E-state index in [0.29, 0.717) is 12.3 Å². The number of hydrogen-bond acceptors (Lipinski definition) is 5. The largest absolute Gasteiger partial charge is 0.477 e. The summed E-state index contributed by atoms with van der Waals surface area (Å²) in [7, 11) is 0. The van der Waals surface area contributed by atoms with Gasteiger partial charge < -0.3 is 19.9 Å². The van der Waals surface area contributed by atoms with Crippen LogP contribution in [-0.4, -0.2) is 35.8 Å². The molecule has 4 aromatic rings. The Labute approximate surface area is 222 Å². The molecule has 1 aliphatic heterocycles. The number of benzene rings is 4. The number of ether oxygens (including phenoxy) is 2. The molecule has 6 heteroatoms. The van der Waals surface area contributed by atoms with Gasteiger partial charge in [-0.2, -0.15) is 0 Å². The normalized spacial score (nSPS) is 15.7. The first kappa shape index (κ1) is 25.2. The van der Waals surface area contributed by atoms with Crippen molar-refractivity contribution in [1.82, 2.24) is 5.32 Å². The van der Waals surface area contributed by atoms with Crippen LogP contribution in [0.4, 0.5) is 4.79 Å². The molecule has 4 aromatic carbocycles. The molecular formula is C32H30N2O4. The van der Waals surface area contributed by atoms with Crippen LogP contribution in [0.5, 0.6) is 0 Å². The van der Waals surface area contributed by atoms with Crippen molar-refractivity contribution in [2.45, 2.75) is 30.7 Å². The van der Waals surface area contributed by atoms with Crippen LogP contribution in [0.2, 0.25) is 0 Å². The van der Waals surface area contributed by atoms with E-state index < -0.39 is 23.8 Å². The van der Waals surface area contributed by atoms with Gasteiger partial charge in [0.1, 0.15) is 30.9 Å². The lowest BCUT2D eigenvalue weighted by Crippen LogP contribution is -2.43. The van der Waals surface area contributed by atoms with Crippen molar-refractivity contribution in [3.8, 4) is 0 Å². The molecule has 0 spiro atoms. The molecule has 0 aliphatic carbocycles. The van der Waals surface area contributed by atoms with Gasteiger partial charge >= 0.3 is 6.09 Å². The van der Waals surface area contributed by atoms with Gasteiger partial charge in [-0.1, -0.05) is 121 Å². The van der Waals surface area contributed by atoms with Gasteiger partial charge in [0, 0.05) is 6.42 Å². The molecule has 192 valence electrons. The number of nitrogens with zero attached hydrogens (tertiary/aromatic N) is 1. The lowest BCUT2D eigenvalue weighted by molar-refractivity contribution is 0.0427. The quantitative estimate of drug-likeness (QED) is 0.325. The second-order valence-corrected chi connectivity index (χ2v) is 9.24. The van der Waals surface area contributed by atoms with Crippen LogP contribution < -0.4 is 5.32 Å². The maximum Gasteiger partial charge on any atom is 0.408 e. The van der Waals surface area contributed by atoms with E-state index in [1.165, 1.54) is 0 Å². The van der Waals surface area contributed by atoms with Crippen LogP contribution in [0.1, 0.15) is 22.3 Å². The van der Waals surface area contributed by atoms with Gasteiger partial charge in [0.25, 0.3) is 0 Å². The van der Waals surface area contributed by atoms with Crippen molar-refractivity contribution in [3.05, 3.63) is 144 Å². The van der Waals surface area contributed by atoms with Crippen LogP contribution in [0.3, 0.4) is 0 Å². The first-order valence-electron chi connectivity index (χ1n) is 12.7. The fraction of sp³-hybridized carbons (Fsp3) is 0.188. The Hall–Kier alpha value is -4.42. The smallest absolute Gasteiger partial charge is 0.408 e. The predicted octanol–water partition coefficient (Wildman–Crippen LogP) is 5.26. The molecule has 0 aromatic heterocycles. The summed E-state index contributed by atoms with van der Waals surface area (Å²) in [5, 5.41) is 15.1. The molecule has 38 heavy (non-hydrogen) atoms. The maximum absolute atomic E-state index is 12.8. The zero-order valence-electron chi connectivity index (χ0n) is 20.9. The standard InChI is InChI=1S/C32H30N2O4/c35-31(38-22-25-15-7-2-8-16-25)33-28(21-24-13-5-1-6-14-24)30-34-29(23-37-30)32(36,26-17-9-3-10-18-26)27-19-11-4-12-20-27/h1-20,28-29,36H,21-23H2,(H,33,35)/t28-,29+/m1/s1. The highest BCUT2D eigenvalue weighted by Crippen LogP contribution is 2.37. The molecule has 0 saturated heterocycles. The van der Waals surface area contributed by atoms with Gasteiger partial charge in [0.15, 0.2) is 0 Å². The number of amides is 1. The molecule has 2 atom stereocenters. The Morgan fingerprint density at radius 1 is 0.842 bits per heavy atom. The van der Waals surface area contributed by atoms with Crippen LogP contribution in [0.15, 0.2) is 126 Å². The number of carbonyl (C=O) groups excluding carboxylic acids is 1. The van der Waals surface area contributed by atoms with Crippen molar-refractivity contribution in [2.75, 3.05) is 6.61 Å². The summed E-state index contributed by atoms with van der Waals surface area (Å²) in [6.07, 6.45) is -0.104. The van der Waals surface area contributed by atoms with Crippen molar-refractivity contribution >= 4 is 12.0 Å². The third kappa shape index (κ3) is 5.76. The molecule has 5 rings (SSSR count). The van der Waals surface area contributed by atoms with Crippen molar-refractivity contribution in [1.29, 1.82) is 0 Å². The SMILES string of the molecule is O=C(N[C@H](Cc1ccccc1)C1=N[C@H](C(O)(c2ccccc2)c2ccccc2)CO1)OCc1ccccc1. The summed E-state index contributed by atoms with van der Waals surface area (Å²) < 4.78 is 11.6. The summed E-state index contributed by atoms with van der Waals surface area (Å²) >= 11 is 0. The third-order valence-electron chi connectivity index (χ3n) is 6.67. The minimum atomic E-state index is -1.41. The summed E-state index contributed by atoms with van der Waals surface area (Å²) in [5.74, 6) is 0.362. The minimum Gasteiger partial charge on any atom is -0.477 e. The van der Waals surface area contributed by atoms with E-state index >= 15 is 0 Å². The molecule has 2 N–H and O–H groups in total. The fourth-order valence-electron chi connectivity index (χ4n) is 4.69. The Morgan fingerprint density at radius 3 is 1.89 bits per heavy atom. The molecule has 1 heterocycles. The van der Waals surface area contributed by atoms with E-state index in [2.05, 4.69) is 5.32 Å². The summed E-state index contributed by atoms with van der Waals surface area (Å²) in [6, 6.07) is 37.1. The average Bonchev–Trinajstić information content (AvgIpc) is 3.48. The Morgan fingerprint density at radius 2 is 1.34 bits per heavy atom. The number of rotatable bonds is 9. The predicted molar refractivity (Wildman–Crippen MR) is 147 cm³/mol. The zero-order chi connectivity index (χ0) is 26.2. The van der Waals surface area contributed by atoms with E-state index in [1.807, 2.05) is 121 Å². The van der Waals surface area contributed by atoms with Crippen molar-refractivity contribution in [3.63, 3.8) is 0 Å². The van der Waals surface area contributed by atoms with Crippen LogP contribution >= 0.6 is 0 Å². The number of carbonyl (C=O) groups is 1. The summed E-state index contributed by atoms with van der Waals surface area (Å²) in [5.41, 5.74) is 1.94. The molecule has 6 nitrogen and oxygen atoms in total. The number of aliphatic imine (C=N–C) groups is 1. The van der Waals surface area contributed by atoms with Crippen LogP contribution in [-0.2, 0) is 28.1 Å². The number of nitrogens with one attached hydrogen (secondary N) is 1. The third-order valence-corrected chi connectivity index (χ3v) is 6.67. The van der Waals surface area contributed by atoms with Crippen LogP contribution in [0.25, 0.3) is 0 Å². The second kappa shape index (κ2) is 11.8. The topological polar surface area (TPSA) is 80.2 Å².